The Morgan fingerprint density at radius 1 is 1.67 bits per heavy atom. The summed E-state index contributed by atoms with van der Waals surface area (Å²) in [5.74, 6) is 0.693. The van der Waals surface area contributed by atoms with Gasteiger partial charge in [-0.25, -0.2) is 0 Å². The molecule has 1 unspecified atom stereocenters. The monoisotopic (exact) mass is 208 g/mol. The molecule has 2 nitrogen and oxygen atoms in total. The number of allylic oxidation sites excluding steroid dienone is 3. The van der Waals surface area contributed by atoms with Gasteiger partial charge in [-0.05, 0) is 31.3 Å². The average Bonchev–Trinajstić information content (AvgIpc) is 2.17. The first-order valence-electron chi connectivity index (χ1n) is 5.51. The van der Waals surface area contributed by atoms with E-state index < -0.39 is 0 Å². The van der Waals surface area contributed by atoms with Crippen LogP contribution in [0.3, 0.4) is 0 Å². The number of rotatable bonds is 4. The highest BCUT2D eigenvalue weighted by Gasteiger charge is 2.38. The van der Waals surface area contributed by atoms with Crippen molar-refractivity contribution in [1.82, 2.24) is 0 Å². The van der Waals surface area contributed by atoms with Gasteiger partial charge in [0.2, 0.25) is 5.78 Å². The van der Waals surface area contributed by atoms with Crippen LogP contribution in [0.2, 0.25) is 0 Å². The highest BCUT2D eigenvalue weighted by atomic mass is 16.5. The molecule has 1 aliphatic rings. The highest BCUT2D eigenvalue weighted by molar-refractivity contribution is 5.96. The molecular weight excluding hydrogens is 188 g/mol. The van der Waals surface area contributed by atoms with Crippen molar-refractivity contribution in [3.8, 4) is 0 Å². The molecule has 0 aromatic heterocycles. The van der Waals surface area contributed by atoms with Gasteiger partial charge in [-0.1, -0.05) is 19.9 Å². The predicted molar refractivity (Wildman–Crippen MR) is 61.4 cm³/mol. The van der Waals surface area contributed by atoms with Gasteiger partial charge in [0.05, 0.1) is 6.61 Å². The standard InChI is InChI=1S/C13H20O2/c1-5-7-10-12(14)11(15-6-2)8-9-13(10,3)4/h5,8,10H,1,6-7,9H2,2-4H3. The Hall–Kier alpha value is -1.05. The van der Waals surface area contributed by atoms with Crippen LogP contribution in [0.25, 0.3) is 0 Å². The van der Waals surface area contributed by atoms with Crippen molar-refractivity contribution >= 4 is 5.78 Å². The molecule has 1 atom stereocenters. The third kappa shape index (κ3) is 2.49. The van der Waals surface area contributed by atoms with E-state index in [0.717, 1.165) is 12.8 Å². The molecule has 84 valence electrons. The fourth-order valence-corrected chi connectivity index (χ4v) is 2.00. The first-order chi connectivity index (χ1) is 7.03. The van der Waals surface area contributed by atoms with Crippen molar-refractivity contribution in [1.29, 1.82) is 0 Å². The minimum Gasteiger partial charge on any atom is -0.490 e. The van der Waals surface area contributed by atoms with Crippen LogP contribution >= 0.6 is 0 Å². The highest BCUT2D eigenvalue weighted by Crippen LogP contribution is 2.40. The second-order valence-electron chi connectivity index (χ2n) is 4.64. The third-order valence-corrected chi connectivity index (χ3v) is 3.02. The van der Waals surface area contributed by atoms with Crippen molar-refractivity contribution in [2.75, 3.05) is 6.61 Å². The van der Waals surface area contributed by atoms with E-state index in [1.165, 1.54) is 0 Å². The largest absolute Gasteiger partial charge is 0.490 e. The second kappa shape index (κ2) is 4.65. The molecule has 0 aromatic rings. The van der Waals surface area contributed by atoms with Gasteiger partial charge < -0.3 is 4.74 Å². The van der Waals surface area contributed by atoms with E-state index in [1.54, 1.807) is 0 Å². The smallest absolute Gasteiger partial charge is 0.200 e. The van der Waals surface area contributed by atoms with Crippen LogP contribution in [0.5, 0.6) is 0 Å². The van der Waals surface area contributed by atoms with Crippen LogP contribution in [0.15, 0.2) is 24.5 Å². The summed E-state index contributed by atoms with van der Waals surface area (Å²) in [4.78, 5) is 12.1. The molecule has 0 heterocycles. The number of carbonyl (C=O) groups is 1. The van der Waals surface area contributed by atoms with Crippen LogP contribution in [0, 0.1) is 11.3 Å². The molecule has 0 saturated heterocycles. The zero-order chi connectivity index (χ0) is 11.5. The summed E-state index contributed by atoms with van der Waals surface area (Å²) in [5, 5.41) is 0. The maximum atomic E-state index is 12.1. The van der Waals surface area contributed by atoms with Crippen LogP contribution in [-0.4, -0.2) is 12.4 Å². The molecule has 0 N–H and O–H groups in total. The van der Waals surface area contributed by atoms with Crippen molar-refractivity contribution in [3.63, 3.8) is 0 Å². The molecule has 1 rings (SSSR count). The van der Waals surface area contributed by atoms with Crippen molar-refractivity contribution in [3.05, 3.63) is 24.5 Å². The minimum atomic E-state index is 0.0153. The Bertz CT molecular complexity index is 287. The van der Waals surface area contributed by atoms with Crippen LogP contribution in [-0.2, 0) is 9.53 Å². The van der Waals surface area contributed by atoms with E-state index >= 15 is 0 Å². The van der Waals surface area contributed by atoms with E-state index in [1.807, 2.05) is 19.1 Å². The van der Waals surface area contributed by atoms with Gasteiger partial charge in [0, 0.05) is 5.92 Å². The van der Waals surface area contributed by atoms with E-state index in [4.69, 9.17) is 4.74 Å². The Balaban J connectivity index is 2.89. The van der Waals surface area contributed by atoms with Crippen LogP contribution < -0.4 is 0 Å². The molecular formula is C13H20O2. The molecule has 0 aromatic carbocycles. The fraction of sp³-hybridized carbons (Fsp3) is 0.615. The molecule has 0 amide bonds. The van der Waals surface area contributed by atoms with E-state index in [2.05, 4.69) is 20.4 Å². The summed E-state index contributed by atoms with van der Waals surface area (Å²) in [6.07, 6.45) is 5.37. The summed E-state index contributed by atoms with van der Waals surface area (Å²) in [7, 11) is 0. The predicted octanol–water partition coefficient (Wildman–Crippen LogP) is 3.10. The lowest BCUT2D eigenvalue weighted by Crippen LogP contribution is -2.35. The Kier molecular flexibility index (Phi) is 3.72. The topological polar surface area (TPSA) is 26.3 Å². The SMILES string of the molecule is C=CCC1C(=O)C(OCC)=CCC1(C)C. The number of hydrogen-bond acceptors (Lipinski definition) is 2. The van der Waals surface area contributed by atoms with E-state index in [9.17, 15) is 4.79 Å². The molecule has 0 radical (unpaired) electrons. The first-order valence-corrected chi connectivity index (χ1v) is 5.51. The zero-order valence-corrected chi connectivity index (χ0v) is 9.88. The van der Waals surface area contributed by atoms with Gasteiger partial charge in [-0.3, -0.25) is 4.79 Å². The zero-order valence-electron chi connectivity index (χ0n) is 9.88. The normalized spacial score (nSPS) is 24.6. The maximum Gasteiger partial charge on any atom is 0.200 e. The third-order valence-electron chi connectivity index (χ3n) is 3.02. The van der Waals surface area contributed by atoms with Crippen LogP contribution in [0.4, 0.5) is 0 Å². The van der Waals surface area contributed by atoms with Crippen LogP contribution in [0.1, 0.15) is 33.6 Å². The van der Waals surface area contributed by atoms with E-state index in [0.29, 0.717) is 12.4 Å². The Morgan fingerprint density at radius 2 is 2.33 bits per heavy atom. The lowest BCUT2D eigenvalue weighted by molar-refractivity contribution is -0.127. The summed E-state index contributed by atoms with van der Waals surface area (Å²) >= 11 is 0. The number of carbonyl (C=O) groups excluding carboxylic acids is 1. The average molecular weight is 208 g/mol. The Morgan fingerprint density at radius 3 is 2.87 bits per heavy atom. The number of ketones is 1. The molecule has 2 heteroatoms. The van der Waals surface area contributed by atoms with E-state index in [-0.39, 0.29) is 17.1 Å². The van der Waals surface area contributed by atoms with Crippen molar-refractivity contribution in [2.24, 2.45) is 11.3 Å². The summed E-state index contributed by atoms with van der Waals surface area (Å²) in [6, 6.07) is 0. The van der Waals surface area contributed by atoms with Gasteiger partial charge in [-0.15, -0.1) is 6.58 Å². The fourth-order valence-electron chi connectivity index (χ4n) is 2.00. The quantitative estimate of drug-likeness (QED) is 0.664. The number of hydrogen-bond donors (Lipinski definition) is 0. The van der Waals surface area contributed by atoms with Gasteiger partial charge in [0.15, 0.2) is 5.76 Å². The number of ether oxygens (including phenoxy) is 1. The second-order valence-corrected chi connectivity index (χ2v) is 4.64. The minimum absolute atomic E-state index is 0.0153. The summed E-state index contributed by atoms with van der Waals surface area (Å²) in [5.41, 5.74) is 0.0197. The first kappa shape index (κ1) is 12.0. The van der Waals surface area contributed by atoms with Crippen molar-refractivity contribution in [2.45, 2.75) is 33.6 Å². The maximum absolute atomic E-state index is 12.1. The summed E-state index contributed by atoms with van der Waals surface area (Å²) in [6.45, 7) is 10.4. The molecule has 0 aliphatic heterocycles. The van der Waals surface area contributed by atoms with Gasteiger partial charge in [0.25, 0.3) is 0 Å². The molecule has 1 aliphatic carbocycles. The molecule has 0 saturated carbocycles. The molecule has 0 fully saturated rings. The lowest BCUT2D eigenvalue weighted by Gasteiger charge is -2.35. The van der Waals surface area contributed by atoms with Crippen molar-refractivity contribution < 1.29 is 9.53 Å². The molecule has 0 spiro atoms. The van der Waals surface area contributed by atoms with Gasteiger partial charge >= 0.3 is 0 Å². The molecule has 0 bridgehead atoms. The summed E-state index contributed by atoms with van der Waals surface area (Å²) < 4.78 is 5.34. The lowest BCUT2D eigenvalue weighted by atomic mass is 9.69. The van der Waals surface area contributed by atoms with Gasteiger partial charge in [-0.2, -0.15) is 0 Å². The number of Topliss-reactive ketones (excluding diaryl/α,β-unsaturated/α-hetero) is 1. The van der Waals surface area contributed by atoms with Gasteiger partial charge in [0.1, 0.15) is 0 Å². The Labute approximate surface area is 92.0 Å². The molecule has 15 heavy (non-hydrogen) atoms.